The molecule has 1 saturated heterocycles. The standard InChI is InChI=1S/C14H10.C6H10O7/c1-2-6-12-10-14-8-4-3-7-13(14)9-11(12)5-1;7-1-2(8)4(5(10)11)13-6(12)3(1)9/h1-10H;1-4,6-9,12H,(H,10,11)/t;1-,2-,3+,4-,6?/m.0/s1. The van der Waals surface area contributed by atoms with Gasteiger partial charge in [-0.05, 0) is 33.7 Å². The van der Waals surface area contributed by atoms with E-state index in [9.17, 15) is 4.79 Å². The highest BCUT2D eigenvalue weighted by Crippen LogP contribution is 2.22. The average Bonchev–Trinajstić information content (AvgIpc) is 2.67. The first kappa shape index (κ1) is 19.2. The van der Waals surface area contributed by atoms with Gasteiger partial charge in [0, 0.05) is 0 Å². The van der Waals surface area contributed by atoms with Crippen molar-refractivity contribution in [2.45, 2.75) is 30.7 Å². The van der Waals surface area contributed by atoms with Crippen LogP contribution in [-0.2, 0) is 9.53 Å². The monoisotopic (exact) mass is 372 g/mol. The zero-order valence-corrected chi connectivity index (χ0v) is 14.2. The van der Waals surface area contributed by atoms with E-state index in [1.54, 1.807) is 0 Å². The van der Waals surface area contributed by atoms with E-state index in [-0.39, 0.29) is 0 Å². The fourth-order valence-corrected chi connectivity index (χ4v) is 2.95. The maximum absolute atomic E-state index is 10.4. The Kier molecular flexibility index (Phi) is 5.69. The molecule has 142 valence electrons. The van der Waals surface area contributed by atoms with Crippen LogP contribution < -0.4 is 0 Å². The number of aliphatic carboxylic acids is 1. The van der Waals surface area contributed by atoms with Crippen LogP contribution in [0.1, 0.15) is 0 Å². The molecule has 1 aliphatic rings. The Balaban J connectivity index is 0.000000157. The minimum absolute atomic E-state index is 1.31. The molecule has 1 heterocycles. The summed E-state index contributed by atoms with van der Waals surface area (Å²) < 4.78 is 4.34. The number of ether oxygens (including phenoxy) is 1. The second kappa shape index (κ2) is 7.99. The number of hydrogen-bond acceptors (Lipinski definition) is 6. The quantitative estimate of drug-likeness (QED) is 0.401. The van der Waals surface area contributed by atoms with Gasteiger partial charge in [-0.1, -0.05) is 48.5 Å². The van der Waals surface area contributed by atoms with Crippen molar-refractivity contribution in [3.8, 4) is 0 Å². The predicted octanol–water partition coefficient (Wildman–Crippen LogP) is 0.864. The average molecular weight is 372 g/mol. The fraction of sp³-hybridized carbons (Fsp3) is 0.250. The molecule has 0 radical (unpaired) electrons. The zero-order chi connectivity index (χ0) is 19.6. The van der Waals surface area contributed by atoms with Gasteiger partial charge >= 0.3 is 5.97 Å². The van der Waals surface area contributed by atoms with E-state index < -0.39 is 36.7 Å². The summed E-state index contributed by atoms with van der Waals surface area (Å²) in [6.07, 6.45) is -8.72. The smallest absolute Gasteiger partial charge is 0.335 e. The lowest BCUT2D eigenvalue weighted by Gasteiger charge is -2.36. The van der Waals surface area contributed by atoms with Crippen LogP contribution in [0.2, 0.25) is 0 Å². The molecule has 0 bridgehead atoms. The van der Waals surface area contributed by atoms with Crippen LogP contribution in [0.25, 0.3) is 21.5 Å². The summed E-state index contributed by atoms with van der Waals surface area (Å²) in [6.45, 7) is 0. The van der Waals surface area contributed by atoms with E-state index in [1.165, 1.54) is 21.5 Å². The topological polar surface area (TPSA) is 127 Å². The van der Waals surface area contributed by atoms with E-state index in [4.69, 9.17) is 25.5 Å². The first-order chi connectivity index (χ1) is 12.9. The van der Waals surface area contributed by atoms with E-state index >= 15 is 0 Å². The van der Waals surface area contributed by atoms with Gasteiger partial charge in [0.1, 0.15) is 18.3 Å². The van der Waals surface area contributed by atoms with E-state index in [0.717, 1.165) is 0 Å². The molecule has 0 saturated carbocycles. The van der Waals surface area contributed by atoms with E-state index in [2.05, 4.69) is 65.4 Å². The lowest BCUT2D eigenvalue weighted by Crippen LogP contribution is -2.59. The van der Waals surface area contributed by atoms with Crippen LogP contribution in [0, 0.1) is 0 Å². The van der Waals surface area contributed by atoms with Gasteiger partial charge in [0.15, 0.2) is 12.4 Å². The number of rotatable bonds is 1. The van der Waals surface area contributed by atoms with Gasteiger partial charge in [-0.3, -0.25) is 0 Å². The summed E-state index contributed by atoms with van der Waals surface area (Å²) in [7, 11) is 0. The van der Waals surface area contributed by atoms with Crippen LogP contribution >= 0.6 is 0 Å². The van der Waals surface area contributed by atoms with Crippen molar-refractivity contribution in [1.82, 2.24) is 0 Å². The molecule has 7 nitrogen and oxygen atoms in total. The summed E-state index contributed by atoms with van der Waals surface area (Å²) in [5.74, 6) is -1.52. The summed E-state index contributed by atoms with van der Waals surface area (Å²) in [5, 5.41) is 49.6. The molecule has 3 aromatic rings. The summed E-state index contributed by atoms with van der Waals surface area (Å²) >= 11 is 0. The minimum atomic E-state index is -1.81. The molecular formula is C20H20O7. The molecule has 1 aliphatic heterocycles. The molecule has 27 heavy (non-hydrogen) atoms. The van der Waals surface area contributed by atoms with E-state index in [1.807, 2.05) is 0 Å². The molecule has 1 unspecified atom stereocenters. The van der Waals surface area contributed by atoms with Crippen LogP contribution in [0.4, 0.5) is 0 Å². The van der Waals surface area contributed by atoms with Crippen LogP contribution in [0.5, 0.6) is 0 Å². The van der Waals surface area contributed by atoms with Gasteiger partial charge in [-0.2, -0.15) is 0 Å². The van der Waals surface area contributed by atoms with E-state index in [0.29, 0.717) is 0 Å². The second-order valence-corrected chi connectivity index (χ2v) is 6.30. The molecular weight excluding hydrogens is 352 g/mol. The van der Waals surface area contributed by atoms with Crippen LogP contribution in [-0.4, -0.2) is 62.2 Å². The zero-order valence-electron chi connectivity index (χ0n) is 14.2. The molecule has 0 amide bonds. The number of aliphatic hydroxyl groups excluding tert-OH is 4. The van der Waals surface area contributed by atoms with Crippen molar-refractivity contribution in [2.75, 3.05) is 0 Å². The number of carbonyl (C=O) groups is 1. The number of carboxylic acid groups (broad SMARTS) is 1. The van der Waals surface area contributed by atoms with Gasteiger partial charge in [-0.25, -0.2) is 4.79 Å². The van der Waals surface area contributed by atoms with Gasteiger partial charge in [0.25, 0.3) is 0 Å². The Morgan fingerprint density at radius 1 is 0.704 bits per heavy atom. The van der Waals surface area contributed by atoms with Gasteiger partial charge < -0.3 is 30.3 Å². The molecule has 5 N–H and O–H groups in total. The number of benzene rings is 3. The first-order valence-electron chi connectivity index (χ1n) is 8.36. The second-order valence-electron chi connectivity index (χ2n) is 6.30. The Morgan fingerprint density at radius 2 is 1.11 bits per heavy atom. The fourth-order valence-electron chi connectivity index (χ4n) is 2.95. The van der Waals surface area contributed by atoms with Crippen molar-refractivity contribution in [1.29, 1.82) is 0 Å². The Bertz CT molecular complexity index is 837. The van der Waals surface area contributed by atoms with Crippen LogP contribution in [0.3, 0.4) is 0 Å². The highest BCUT2D eigenvalue weighted by atomic mass is 16.6. The predicted molar refractivity (Wildman–Crippen MR) is 98.0 cm³/mol. The molecule has 4 rings (SSSR count). The number of carboxylic acids is 1. The Morgan fingerprint density at radius 3 is 1.48 bits per heavy atom. The van der Waals surface area contributed by atoms with Crippen molar-refractivity contribution in [3.05, 3.63) is 60.7 Å². The molecule has 7 heteroatoms. The first-order valence-corrected chi connectivity index (χ1v) is 8.36. The molecule has 3 aromatic carbocycles. The molecule has 1 fully saturated rings. The Hall–Kier alpha value is -2.55. The molecule has 0 aromatic heterocycles. The highest BCUT2D eigenvalue weighted by molar-refractivity contribution is 5.98. The molecule has 5 atom stereocenters. The maximum Gasteiger partial charge on any atom is 0.335 e. The van der Waals surface area contributed by atoms with Gasteiger partial charge in [-0.15, -0.1) is 0 Å². The minimum Gasteiger partial charge on any atom is -0.479 e. The molecule has 0 aliphatic carbocycles. The Labute approximate surface area is 154 Å². The lowest BCUT2D eigenvalue weighted by atomic mass is 9.99. The number of aliphatic hydroxyl groups is 4. The maximum atomic E-state index is 10.4. The SMILES string of the molecule is O=C(O)[C@H]1OC(O)[C@H](O)[C@@H](O)[C@@H]1O.c1ccc2cc3ccccc3cc2c1. The van der Waals surface area contributed by atoms with Crippen LogP contribution in [0.15, 0.2) is 60.7 Å². The van der Waals surface area contributed by atoms with Crippen molar-refractivity contribution in [3.63, 3.8) is 0 Å². The normalized spacial score (nSPS) is 27.8. The third-order valence-corrected chi connectivity index (χ3v) is 4.45. The largest absolute Gasteiger partial charge is 0.479 e. The van der Waals surface area contributed by atoms with Crippen molar-refractivity contribution < 1.29 is 35.1 Å². The summed E-state index contributed by atoms with van der Waals surface area (Å²) in [6, 6.07) is 21.4. The number of hydrogen-bond donors (Lipinski definition) is 5. The third kappa shape index (κ3) is 4.08. The van der Waals surface area contributed by atoms with Crippen molar-refractivity contribution in [2.24, 2.45) is 0 Å². The molecule has 0 spiro atoms. The summed E-state index contributed by atoms with van der Waals surface area (Å²) in [4.78, 5) is 10.4. The highest BCUT2D eigenvalue weighted by Gasteiger charge is 2.46. The lowest BCUT2D eigenvalue weighted by molar-refractivity contribution is -0.279. The third-order valence-electron chi connectivity index (χ3n) is 4.45. The van der Waals surface area contributed by atoms with Gasteiger partial charge in [0.05, 0.1) is 0 Å². The summed E-state index contributed by atoms with van der Waals surface area (Å²) in [5.41, 5.74) is 0. The van der Waals surface area contributed by atoms with Gasteiger partial charge in [0.2, 0.25) is 0 Å². The number of fused-ring (bicyclic) bond motifs is 2. The van der Waals surface area contributed by atoms with Crippen molar-refractivity contribution >= 4 is 27.5 Å².